The molecule has 3 fully saturated rings. The van der Waals surface area contributed by atoms with Crippen molar-refractivity contribution in [1.29, 1.82) is 0 Å². The van der Waals surface area contributed by atoms with Crippen molar-refractivity contribution in [3.63, 3.8) is 0 Å². The van der Waals surface area contributed by atoms with E-state index in [-0.39, 0.29) is 23.5 Å². The van der Waals surface area contributed by atoms with E-state index >= 15 is 0 Å². The maximum Gasteiger partial charge on any atom is 0.253 e. The highest BCUT2D eigenvalue weighted by molar-refractivity contribution is 5.94. The van der Waals surface area contributed by atoms with Crippen LogP contribution in [0.1, 0.15) is 41.6 Å². The summed E-state index contributed by atoms with van der Waals surface area (Å²) >= 11 is 0. The van der Waals surface area contributed by atoms with Crippen molar-refractivity contribution in [2.45, 2.75) is 49.9 Å². The van der Waals surface area contributed by atoms with Gasteiger partial charge in [0.2, 0.25) is 5.91 Å². The minimum absolute atomic E-state index is 0.0423. The predicted octanol–water partition coefficient (Wildman–Crippen LogP) is 2.83. The Balaban J connectivity index is 1.29. The van der Waals surface area contributed by atoms with E-state index in [9.17, 15) is 9.59 Å². The number of piperidine rings is 1. The Morgan fingerprint density at radius 3 is 2.35 bits per heavy atom. The van der Waals surface area contributed by atoms with Crippen LogP contribution in [0.4, 0.5) is 0 Å². The Kier molecular flexibility index (Phi) is 5.18. The van der Waals surface area contributed by atoms with E-state index in [2.05, 4.69) is 22.3 Å². The van der Waals surface area contributed by atoms with Crippen molar-refractivity contribution in [2.75, 3.05) is 20.2 Å². The van der Waals surface area contributed by atoms with Gasteiger partial charge in [-0.3, -0.25) is 14.9 Å². The normalized spacial score (nSPS) is 22.7. The fourth-order valence-electron chi connectivity index (χ4n) is 5.07. The first kappa shape index (κ1) is 20.1. The quantitative estimate of drug-likeness (QED) is 0.810. The summed E-state index contributed by atoms with van der Waals surface area (Å²) in [4.78, 5) is 30.4. The van der Waals surface area contributed by atoms with Crippen LogP contribution in [0.2, 0.25) is 0 Å². The first-order chi connectivity index (χ1) is 15.1. The average molecular weight is 420 g/mol. The molecule has 6 heteroatoms. The Morgan fingerprint density at radius 1 is 1.06 bits per heavy atom. The van der Waals surface area contributed by atoms with Crippen LogP contribution >= 0.6 is 0 Å². The van der Waals surface area contributed by atoms with Gasteiger partial charge >= 0.3 is 0 Å². The second-order valence-corrected chi connectivity index (χ2v) is 8.88. The molecule has 2 amide bonds. The van der Waals surface area contributed by atoms with E-state index in [4.69, 9.17) is 4.74 Å². The van der Waals surface area contributed by atoms with Gasteiger partial charge in [0.05, 0.1) is 18.8 Å². The molecule has 1 unspecified atom stereocenters. The summed E-state index contributed by atoms with van der Waals surface area (Å²) in [5.41, 5.74) is 1.52. The number of carbonyl (C=O) groups excluding carboxylic acids is 2. The molecule has 1 spiro atoms. The molecule has 31 heavy (non-hydrogen) atoms. The molecule has 0 bridgehead atoms. The number of amides is 2. The maximum absolute atomic E-state index is 13.3. The molecule has 2 saturated heterocycles. The Labute approximate surface area is 183 Å². The zero-order valence-electron chi connectivity index (χ0n) is 17.9. The third kappa shape index (κ3) is 3.81. The Morgan fingerprint density at radius 2 is 1.74 bits per heavy atom. The van der Waals surface area contributed by atoms with Gasteiger partial charge in [0.1, 0.15) is 5.75 Å². The summed E-state index contributed by atoms with van der Waals surface area (Å²) in [7, 11) is 1.62. The molecule has 1 atom stereocenters. The van der Waals surface area contributed by atoms with Gasteiger partial charge in [-0.1, -0.05) is 30.3 Å². The van der Waals surface area contributed by atoms with E-state index in [1.807, 2.05) is 47.4 Å². The van der Waals surface area contributed by atoms with Crippen molar-refractivity contribution in [3.8, 4) is 5.75 Å². The molecule has 2 heterocycles. The van der Waals surface area contributed by atoms with Crippen molar-refractivity contribution in [2.24, 2.45) is 0 Å². The second-order valence-electron chi connectivity index (χ2n) is 8.88. The highest BCUT2D eigenvalue weighted by Gasteiger charge is 2.56. The monoisotopic (exact) mass is 419 g/mol. The zero-order valence-corrected chi connectivity index (χ0v) is 17.9. The summed E-state index contributed by atoms with van der Waals surface area (Å²) in [6, 6.07) is 17.6. The van der Waals surface area contributed by atoms with Crippen LogP contribution in [-0.2, 0) is 11.2 Å². The molecule has 2 aromatic carbocycles. The number of ether oxygens (including phenoxy) is 1. The molecule has 1 saturated carbocycles. The summed E-state index contributed by atoms with van der Waals surface area (Å²) in [5, 5.41) is 3.71. The third-order valence-electron chi connectivity index (χ3n) is 6.85. The molecule has 0 aromatic heterocycles. The van der Waals surface area contributed by atoms with E-state index in [0.717, 1.165) is 31.4 Å². The van der Waals surface area contributed by atoms with Crippen LogP contribution in [0.3, 0.4) is 0 Å². The SMILES string of the molecule is COc1ccc(C(=O)N2CCC3(CC2)NC(Cc2ccccc2)C(=O)N3C2CC2)cc1. The first-order valence-corrected chi connectivity index (χ1v) is 11.2. The average Bonchev–Trinajstić information content (AvgIpc) is 3.61. The maximum atomic E-state index is 13.3. The second kappa shape index (κ2) is 8.00. The van der Waals surface area contributed by atoms with Crippen molar-refractivity contribution in [3.05, 3.63) is 65.7 Å². The molecule has 1 aliphatic carbocycles. The van der Waals surface area contributed by atoms with Crippen LogP contribution < -0.4 is 10.1 Å². The summed E-state index contributed by atoms with van der Waals surface area (Å²) < 4.78 is 5.19. The van der Waals surface area contributed by atoms with Gasteiger partial charge < -0.3 is 14.5 Å². The van der Waals surface area contributed by atoms with Gasteiger partial charge in [-0.15, -0.1) is 0 Å². The van der Waals surface area contributed by atoms with Crippen LogP contribution in [0.25, 0.3) is 0 Å². The topological polar surface area (TPSA) is 61.9 Å². The fraction of sp³-hybridized carbons (Fsp3) is 0.440. The molecule has 1 N–H and O–H groups in total. The molecule has 0 radical (unpaired) electrons. The van der Waals surface area contributed by atoms with Crippen molar-refractivity contribution >= 4 is 11.8 Å². The van der Waals surface area contributed by atoms with E-state index in [1.54, 1.807) is 7.11 Å². The molecular formula is C25H29N3O3. The zero-order chi connectivity index (χ0) is 21.4. The lowest BCUT2D eigenvalue weighted by atomic mass is 9.95. The number of nitrogens with zero attached hydrogens (tertiary/aromatic N) is 2. The fourth-order valence-corrected chi connectivity index (χ4v) is 5.07. The van der Waals surface area contributed by atoms with Crippen LogP contribution in [-0.4, -0.2) is 59.6 Å². The van der Waals surface area contributed by atoms with E-state index in [1.165, 1.54) is 5.56 Å². The number of carbonyl (C=O) groups is 2. The molecule has 6 nitrogen and oxygen atoms in total. The highest BCUT2D eigenvalue weighted by Crippen LogP contribution is 2.41. The van der Waals surface area contributed by atoms with Crippen molar-refractivity contribution in [1.82, 2.24) is 15.1 Å². The van der Waals surface area contributed by atoms with Crippen molar-refractivity contribution < 1.29 is 14.3 Å². The van der Waals surface area contributed by atoms with Crippen LogP contribution in [0.5, 0.6) is 5.75 Å². The summed E-state index contributed by atoms with van der Waals surface area (Å²) in [6.07, 6.45) is 4.41. The number of likely N-dealkylation sites (tertiary alicyclic amines) is 1. The molecule has 2 aliphatic heterocycles. The minimum Gasteiger partial charge on any atom is -0.497 e. The Hall–Kier alpha value is -2.86. The highest BCUT2D eigenvalue weighted by atomic mass is 16.5. The number of hydrogen-bond donors (Lipinski definition) is 1. The van der Waals surface area contributed by atoms with Gasteiger partial charge in [-0.2, -0.15) is 0 Å². The number of hydrogen-bond acceptors (Lipinski definition) is 4. The lowest BCUT2D eigenvalue weighted by Crippen LogP contribution is -2.60. The largest absolute Gasteiger partial charge is 0.497 e. The predicted molar refractivity (Wildman–Crippen MR) is 118 cm³/mol. The third-order valence-corrected chi connectivity index (χ3v) is 6.85. The molecular weight excluding hydrogens is 390 g/mol. The first-order valence-electron chi connectivity index (χ1n) is 11.2. The van der Waals surface area contributed by atoms with E-state index in [0.29, 0.717) is 31.1 Å². The molecule has 2 aromatic rings. The minimum atomic E-state index is -0.325. The van der Waals surface area contributed by atoms with Gasteiger partial charge in [0.15, 0.2) is 0 Å². The molecule has 3 aliphatic rings. The number of benzene rings is 2. The standard InChI is InChI=1S/C25H29N3O3/c1-31-21-11-7-19(8-12-21)23(29)27-15-13-25(14-16-27)26-22(17-18-5-3-2-4-6-18)24(30)28(25)20-9-10-20/h2-8,11-12,20,22,26H,9-10,13-17H2,1H3. The van der Waals surface area contributed by atoms with Gasteiger partial charge in [0, 0.05) is 37.5 Å². The van der Waals surface area contributed by atoms with Gasteiger partial charge in [-0.05, 0) is 49.1 Å². The number of nitrogens with one attached hydrogen (secondary N) is 1. The smallest absolute Gasteiger partial charge is 0.253 e. The lowest BCUT2D eigenvalue weighted by Gasteiger charge is -2.45. The lowest BCUT2D eigenvalue weighted by molar-refractivity contribution is -0.134. The van der Waals surface area contributed by atoms with Crippen LogP contribution in [0.15, 0.2) is 54.6 Å². The molecule has 5 rings (SSSR count). The summed E-state index contributed by atoms with van der Waals surface area (Å²) in [5.74, 6) is 1.01. The van der Waals surface area contributed by atoms with Gasteiger partial charge in [0.25, 0.3) is 5.91 Å². The van der Waals surface area contributed by atoms with Crippen LogP contribution in [0, 0.1) is 0 Å². The number of methoxy groups -OCH3 is 1. The van der Waals surface area contributed by atoms with E-state index < -0.39 is 0 Å². The summed E-state index contributed by atoms with van der Waals surface area (Å²) in [6.45, 7) is 1.29. The van der Waals surface area contributed by atoms with Gasteiger partial charge in [-0.25, -0.2) is 0 Å². The number of rotatable bonds is 5. The molecule has 162 valence electrons. The Bertz CT molecular complexity index is 948.